The molecule has 0 spiro atoms. The first-order valence-corrected chi connectivity index (χ1v) is 4.84. The average Bonchev–Trinajstić information content (AvgIpc) is 2.47. The maximum Gasteiger partial charge on any atom is 0.305 e. The molecule has 0 aliphatic heterocycles. The highest BCUT2D eigenvalue weighted by atomic mass is 16.4. The third-order valence-electron chi connectivity index (χ3n) is 2.10. The van der Waals surface area contributed by atoms with Crippen LogP contribution in [0.4, 0.5) is 0 Å². The summed E-state index contributed by atoms with van der Waals surface area (Å²) < 4.78 is 1.44. The number of nitrogens with zero attached hydrogens (tertiary/aromatic N) is 2. The van der Waals surface area contributed by atoms with Gasteiger partial charge in [0.25, 0.3) is 5.91 Å². The number of carbonyl (C=O) groups excluding carboxylic acids is 1. The van der Waals surface area contributed by atoms with Crippen LogP contribution in [0, 0.1) is 0 Å². The Morgan fingerprint density at radius 1 is 1.56 bits per heavy atom. The van der Waals surface area contributed by atoms with E-state index in [1.165, 1.54) is 10.9 Å². The first kappa shape index (κ1) is 12.2. The van der Waals surface area contributed by atoms with E-state index in [1.54, 1.807) is 27.0 Å². The van der Waals surface area contributed by atoms with E-state index in [1.807, 2.05) is 0 Å². The van der Waals surface area contributed by atoms with E-state index in [0.717, 1.165) is 0 Å². The summed E-state index contributed by atoms with van der Waals surface area (Å²) in [4.78, 5) is 22.3. The van der Waals surface area contributed by atoms with Crippen molar-refractivity contribution in [2.24, 2.45) is 7.05 Å². The van der Waals surface area contributed by atoms with Crippen LogP contribution in [0.1, 0.15) is 30.8 Å². The molecule has 0 fully saturated rings. The first-order chi connectivity index (χ1) is 7.32. The molecule has 1 rings (SSSR count). The zero-order chi connectivity index (χ0) is 12.3. The van der Waals surface area contributed by atoms with Crippen LogP contribution < -0.4 is 5.32 Å². The van der Waals surface area contributed by atoms with Gasteiger partial charge in [-0.2, -0.15) is 5.10 Å². The zero-order valence-electron chi connectivity index (χ0n) is 9.52. The minimum atomic E-state index is -0.949. The second-order valence-electron chi connectivity index (χ2n) is 4.25. The van der Waals surface area contributed by atoms with Gasteiger partial charge in [-0.3, -0.25) is 14.3 Å². The van der Waals surface area contributed by atoms with E-state index in [4.69, 9.17) is 5.11 Å². The number of aryl methyl sites for hydroxylation is 1. The van der Waals surface area contributed by atoms with Gasteiger partial charge in [-0.15, -0.1) is 0 Å². The highest BCUT2D eigenvalue weighted by Gasteiger charge is 2.25. The number of hydrogen-bond donors (Lipinski definition) is 2. The van der Waals surface area contributed by atoms with Crippen LogP contribution in [-0.2, 0) is 11.8 Å². The lowest BCUT2D eigenvalue weighted by Gasteiger charge is -2.24. The van der Waals surface area contributed by atoms with Crippen molar-refractivity contribution in [3.63, 3.8) is 0 Å². The molecule has 0 aliphatic carbocycles. The van der Waals surface area contributed by atoms with E-state index in [0.29, 0.717) is 5.69 Å². The van der Waals surface area contributed by atoms with E-state index < -0.39 is 11.5 Å². The molecule has 0 aliphatic rings. The monoisotopic (exact) mass is 225 g/mol. The molecule has 0 bridgehead atoms. The van der Waals surface area contributed by atoms with Crippen molar-refractivity contribution in [2.75, 3.05) is 0 Å². The van der Waals surface area contributed by atoms with Crippen molar-refractivity contribution in [1.82, 2.24) is 15.1 Å². The van der Waals surface area contributed by atoms with Gasteiger partial charge in [0.05, 0.1) is 6.42 Å². The maximum atomic E-state index is 11.8. The molecule has 2 N–H and O–H groups in total. The summed E-state index contributed by atoms with van der Waals surface area (Å²) in [7, 11) is 1.65. The molecule has 0 saturated carbocycles. The van der Waals surface area contributed by atoms with Crippen LogP contribution in [0.2, 0.25) is 0 Å². The summed E-state index contributed by atoms with van der Waals surface area (Å²) in [5.74, 6) is -1.28. The van der Waals surface area contributed by atoms with Gasteiger partial charge in [0, 0.05) is 18.8 Å². The molecule has 0 radical (unpaired) electrons. The molecule has 0 atom stereocenters. The van der Waals surface area contributed by atoms with Crippen molar-refractivity contribution in [1.29, 1.82) is 0 Å². The fraction of sp³-hybridized carbons (Fsp3) is 0.500. The Bertz CT molecular complexity index is 409. The van der Waals surface area contributed by atoms with Gasteiger partial charge >= 0.3 is 5.97 Å². The summed E-state index contributed by atoms with van der Waals surface area (Å²) in [6, 6.07) is 1.58. The Labute approximate surface area is 93.3 Å². The summed E-state index contributed by atoms with van der Waals surface area (Å²) in [5.41, 5.74) is -0.383. The third-order valence-corrected chi connectivity index (χ3v) is 2.10. The predicted molar refractivity (Wildman–Crippen MR) is 57.0 cm³/mol. The van der Waals surface area contributed by atoms with Gasteiger partial charge in [0.15, 0.2) is 0 Å². The molecule has 0 aromatic carbocycles. The fourth-order valence-corrected chi connectivity index (χ4v) is 1.39. The number of amides is 1. The molecular weight excluding hydrogens is 210 g/mol. The zero-order valence-corrected chi connectivity index (χ0v) is 9.52. The molecule has 6 nitrogen and oxygen atoms in total. The van der Waals surface area contributed by atoms with E-state index in [9.17, 15) is 9.59 Å². The smallest absolute Gasteiger partial charge is 0.305 e. The van der Waals surface area contributed by atoms with Crippen LogP contribution in [0.3, 0.4) is 0 Å². The number of carboxylic acid groups (broad SMARTS) is 1. The van der Waals surface area contributed by atoms with Gasteiger partial charge in [-0.1, -0.05) is 0 Å². The highest BCUT2D eigenvalue weighted by molar-refractivity contribution is 5.93. The number of rotatable bonds is 4. The molecule has 1 aromatic heterocycles. The largest absolute Gasteiger partial charge is 0.481 e. The SMILES string of the molecule is Cn1nccc1C(=O)NC(C)(C)CC(=O)O. The number of aromatic nitrogens is 2. The van der Waals surface area contributed by atoms with Gasteiger partial charge < -0.3 is 10.4 Å². The van der Waals surface area contributed by atoms with Crippen LogP contribution in [0.15, 0.2) is 12.3 Å². The standard InChI is InChI=1S/C10H15N3O3/c1-10(2,6-8(14)15)12-9(16)7-4-5-11-13(7)3/h4-5H,6H2,1-3H3,(H,12,16)(H,14,15). The minimum Gasteiger partial charge on any atom is -0.481 e. The van der Waals surface area contributed by atoms with Gasteiger partial charge in [-0.25, -0.2) is 0 Å². The Morgan fingerprint density at radius 3 is 2.62 bits per heavy atom. The summed E-state index contributed by atoms with van der Waals surface area (Å²) in [5, 5.41) is 15.2. The second-order valence-corrected chi connectivity index (χ2v) is 4.25. The normalized spacial score (nSPS) is 11.2. The summed E-state index contributed by atoms with van der Waals surface area (Å²) in [6.07, 6.45) is 1.38. The number of aliphatic carboxylic acids is 1. The van der Waals surface area contributed by atoms with Gasteiger partial charge in [0.2, 0.25) is 0 Å². The quantitative estimate of drug-likeness (QED) is 0.777. The van der Waals surface area contributed by atoms with E-state index >= 15 is 0 Å². The number of nitrogens with one attached hydrogen (secondary N) is 1. The number of carbonyl (C=O) groups is 2. The van der Waals surface area contributed by atoms with Crippen molar-refractivity contribution in [3.8, 4) is 0 Å². The van der Waals surface area contributed by atoms with Crippen LogP contribution in [0.25, 0.3) is 0 Å². The Hall–Kier alpha value is -1.85. The lowest BCUT2D eigenvalue weighted by Crippen LogP contribution is -2.45. The van der Waals surface area contributed by atoms with Crippen LogP contribution in [0.5, 0.6) is 0 Å². The van der Waals surface area contributed by atoms with E-state index in [2.05, 4.69) is 10.4 Å². The topological polar surface area (TPSA) is 84.2 Å². The average molecular weight is 225 g/mol. The minimum absolute atomic E-state index is 0.128. The second kappa shape index (κ2) is 4.34. The molecule has 1 amide bonds. The molecule has 88 valence electrons. The molecule has 0 unspecified atom stereocenters. The molecule has 1 heterocycles. The summed E-state index contributed by atoms with van der Waals surface area (Å²) in [6.45, 7) is 3.32. The van der Waals surface area contributed by atoms with E-state index in [-0.39, 0.29) is 12.3 Å². The van der Waals surface area contributed by atoms with Crippen molar-refractivity contribution < 1.29 is 14.7 Å². The fourth-order valence-electron chi connectivity index (χ4n) is 1.39. The Balaban J connectivity index is 2.71. The third kappa shape index (κ3) is 3.08. The summed E-state index contributed by atoms with van der Waals surface area (Å²) >= 11 is 0. The van der Waals surface area contributed by atoms with Crippen molar-refractivity contribution in [3.05, 3.63) is 18.0 Å². The predicted octanol–water partition coefficient (Wildman–Crippen LogP) is 0.403. The van der Waals surface area contributed by atoms with Crippen molar-refractivity contribution >= 4 is 11.9 Å². The molecule has 6 heteroatoms. The molecule has 1 aromatic rings. The highest BCUT2D eigenvalue weighted by Crippen LogP contribution is 2.09. The van der Waals surface area contributed by atoms with Crippen LogP contribution in [-0.4, -0.2) is 32.3 Å². The maximum absolute atomic E-state index is 11.8. The van der Waals surface area contributed by atoms with Crippen molar-refractivity contribution in [2.45, 2.75) is 25.8 Å². The molecule has 0 saturated heterocycles. The lowest BCUT2D eigenvalue weighted by molar-refractivity contribution is -0.138. The number of carboxylic acids is 1. The Morgan fingerprint density at radius 2 is 2.19 bits per heavy atom. The number of hydrogen-bond acceptors (Lipinski definition) is 3. The molecule has 16 heavy (non-hydrogen) atoms. The lowest BCUT2D eigenvalue weighted by atomic mass is 10.0. The van der Waals surface area contributed by atoms with Crippen LogP contribution >= 0.6 is 0 Å². The van der Waals surface area contributed by atoms with Gasteiger partial charge in [-0.05, 0) is 19.9 Å². The Kier molecular flexibility index (Phi) is 3.31. The molecular formula is C10H15N3O3. The van der Waals surface area contributed by atoms with Gasteiger partial charge in [0.1, 0.15) is 5.69 Å². The first-order valence-electron chi connectivity index (χ1n) is 4.84.